The van der Waals surface area contributed by atoms with E-state index in [4.69, 9.17) is 11.6 Å². The van der Waals surface area contributed by atoms with Crippen molar-refractivity contribution >= 4 is 34.1 Å². The van der Waals surface area contributed by atoms with Crippen LogP contribution in [0.1, 0.15) is 10.5 Å². The van der Waals surface area contributed by atoms with E-state index in [0.29, 0.717) is 16.2 Å². The number of carbonyl (C=O) groups is 1. The zero-order valence-electron chi connectivity index (χ0n) is 10.3. The zero-order chi connectivity index (χ0) is 14.1. The van der Waals surface area contributed by atoms with E-state index in [1.165, 1.54) is 12.1 Å². The van der Waals surface area contributed by atoms with Crippen LogP contribution < -0.4 is 5.32 Å². The third-order valence-corrected chi connectivity index (χ3v) is 3.29. The summed E-state index contributed by atoms with van der Waals surface area (Å²) in [5.41, 5.74) is 1.16. The lowest BCUT2D eigenvalue weighted by Gasteiger charge is -2.04. The second-order valence-corrected chi connectivity index (χ2v) is 4.73. The van der Waals surface area contributed by atoms with Gasteiger partial charge in [0.15, 0.2) is 0 Å². The van der Waals surface area contributed by atoms with Gasteiger partial charge in [-0.2, -0.15) is 0 Å². The molecular formula is C15H10ClFN2O. The summed E-state index contributed by atoms with van der Waals surface area (Å²) in [5.74, 6) is -0.891. The van der Waals surface area contributed by atoms with Crippen molar-refractivity contribution < 1.29 is 9.18 Å². The summed E-state index contributed by atoms with van der Waals surface area (Å²) in [6.45, 7) is 0. The molecule has 0 aliphatic rings. The largest absolute Gasteiger partial charge is 0.349 e. The van der Waals surface area contributed by atoms with Gasteiger partial charge in [0.1, 0.15) is 11.5 Å². The van der Waals surface area contributed by atoms with E-state index in [2.05, 4.69) is 10.3 Å². The number of benzene rings is 2. The maximum Gasteiger partial charge on any atom is 0.272 e. The Morgan fingerprint density at radius 3 is 2.70 bits per heavy atom. The summed E-state index contributed by atoms with van der Waals surface area (Å²) in [4.78, 5) is 15.0. The molecule has 0 aliphatic carbocycles. The predicted octanol–water partition coefficient (Wildman–Crippen LogP) is 4.21. The summed E-state index contributed by atoms with van der Waals surface area (Å²) >= 11 is 6.04. The van der Waals surface area contributed by atoms with E-state index in [0.717, 1.165) is 5.39 Å². The van der Waals surface area contributed by atoms with Gasteiger partial charge in [0.2, 0.25) is 0 Å². The Kier molecular flexibility index (Phi) is 3.16. The maximum absolute atomic E-state index is 13.5. The summed E-state index contributed by atoms with van der Waals surface area (Å²) in [7, 11) is 0. The number of hydrogen-bond acceptors (Lipinski definition) is 1. The monoisotopic (exact) mass is 288 g/mol. The Labute approximate surface area is 119 Å². The summed E-state index contributed by atoms with van der Waals surface area (Å²) < 4.78 is 13.5. The third kappa shape index (κ3) is 2.26. The molecule has 2 N–H and O–H groups in total. The van der Waals surface area contributed by atoms with E-state index in [9.17, 15) is 9.18 Å². The van der Waals surface area contributed by atoms with Gasteiger partial charge in [-0.1, -0.05) is 35.9 Å². The van der Waals surface area contributed by atoms with Crippen LogP contribution in [-0.4, -0.2) is 10.9 Å². The standard InChI is InChI=1S/C15H10ClFN2O/c16-10-5-3-4-9-8-13(18-14(9)10)15(20)19-12-7-2-1-6-11(12)17/h1-8,18H,(H,19,20). The van der Waals surface area contributed by atoms with Gasteiger partial charge in [-0.3, -0.25) is 4.79 Å². The minimum Gasteiger partial charge on any atom is -0.349 e. The molecule has 1 aromatic heterocycles. The predicted molar refractivity (Wildman–Crippen MR) is 77.7 cm³/mol. The van der Waals surface area contributed by atoms with E-state index in [-0.39, 0.29) is 5.69 Å². The lowest BCUT2D eigenvalue weighted by atomic mass is 10.2. The molecule has 0 fully saturated rings. The van der Waals surface area contributed by atoms with Crippen LogP contribution in [0.25, 0.3) is 10.9 Å². The fraction of sp³-hybridized carbons (Fsp3) is 0. The normalized spacial score (nSPS) is 10.7. The van der Waals surface area contributed by atoms with Crippen molar-refractivity contribution in [1.29, 1.82) is 0 Å². The average Bonchev–Trinajstić information content (AvgIpc) is 2.87. The van der Waals surface area contributed by atoms with Gasteiger partial charge in [-0.15, -0.1) is 0 Å². The van der Waals surface area contributed by atoms with Crippen molar-refractivity contribution in [2.75, 3.05) is 5.32 Å². The number of hydrogen-bond donors (Lipinski definition) is 2. The average molecular weight is 289 g/mol. The molecule has 0 atom stereocenters. The molecule has 1 heterocycles. The van der Waals surface area contributed by atoms with Crippen LogP contribution in [0.3, 0.4) is 0 Å². The summed E-state index contributed by atoms with van der Waals surface area (Å²) in [6, 6.07) is 13.1. The van der Waals surface area contributed by atoms with Gasteiger partial charge < -0.3 is 10.3 Å². The molecule has 3 nitrogen and oxygen atoms in total. The van der Waals surface area contributed by atoms with Gasteiger partial charge >= 0.3 is 0 Å². The van der Waals surface area contributed by atoms with E-state index in [1.807, 2.05) is 6.07 Å². The van der Waals surface area contributed by atoms with E-state index >= 15 is 0 Å². The van der Waals surface area contributed by atoms with Gasteiger partial charge in [0.25, 0.3) is 5.91 Å². The van der Waals surface area contributed by atoms with E-state index in [1.54, 1.807) is 30.3 Å². The molecule has 3 aromatic rings. The fourth-order valence-corrected chi connectivity index (χ4v) is 2.22. The van der Waals surface area contributed by atoms with Crippen LogP contribution >= 0.6 is 11.6 Å². The molecule has 0 unspecified atom stereocenters. The SMILES string of the molecule is O=C(Nc1ccccc1F)c1cc2cccc(Cl)c2[nH]1. The number of H-pyrrole nitrogens is 1. The quantitative estimate of drug-likeness (QED) is 0.729. The lowest BCUT2D eigenvalue weighted by molar-refractivity contribution is 0.102. The second kappa shape index (κ2) is 4.98. The maximum atomic E-state index is 13.5. The topological polar surface area (TPSA) is 44.9 Å². The van der Waals surface area contributed by atoms with Crippen molar-refractivity contribution in [2.24, 2.45) is 0 Å². The molecule has 1 amide bonds. The van der Waals surface area contributed by atoms with Crippen molar-refractivity contribution in [1.82, 2.24) is 4.98 Å². The highest BCUT2D eigenvalue weighted by Crippen LogP contribution is 2.24. The minimum absolute atomic E-state index is 0.141. The minimum atomic E-state index is -0.477. The lowest BCUT2D eigenvalue weighted by Crippen LogP contribution is -2.13. The van der Waals surface area contributed by atoms with Crippen molar-refractivity contribution in [3.05, 3.63) is 65.1 Å². The van der Waals surface area contributed by atoms with Crippen molar-refractivity contribution in [3.8, 4) is 0 Å². The molecule has 0 saturated heterocycles. The Morgan fingerprint density at radius 1 is 1.15 bits per heavy atom. The van der Waals surface area contributed by atoms with Gasteiger partial charge in [0, 0.05) is 5.39 Å². The molecule has 0 aliphatic heterocycles. The summed E-state index contributed by atoms with van der Waals surface area (Å²) in [5, 5.41) is 3.88. The van der Waals surface area contributed by atoms with Crippen molar-refractivity contribution in [2.45, 2.75) is 0 Å². The number of aromatic nitrogens is 1. The number of carbonyl (C=O) groups excluding carboxylic acids is 1. The smallest absolute Gasteiger partial charge is 0.272 e. The number of rotatable bonds is 2. The van der Waals surface area contributed by atoms with Gasteiger partial charge in [-0.05, 0) is 24.3 Å². The molecule has 0 spiro atoms. The Hall–Kier alpha value is -2.33. The summed E-state index contributed by atoms with van der Waals surface area (Å²) in [6.07, 6.45) is 0. The highest BCUT2D eigenvalue weighted by atomic mass is 35.5. The molecule has 20 heavy (non-hydrogen) atoms. The van der Waals surface area contributed by atoms with Crippen LogP contribution in [-0.2, 0) is 0 Å². The first-order valence-electron chi connectivity index (χ1n) is 5.98. The van der Waals surface area contributed by atoms with Crippen LogP contribution in [0, 0.1) is 5.82 Å². The first-order chi connectivity index (χ1) is 9.65. The molecule has 100 valence electrons. The zero-order valence-corrected chi connectivity index (χ0v) is 11.0. The number of aromatic amines is 1. The molecule has 0 radical (unpaired) electrons. The Morgan fingerprint density at radius 2 is 1.95 bits per heavy atom. The highest BCUT2D eigenvalue weighted by Gasteiger charge is 2.12. The number of para-hydroxylation sites is 2. The molecular weight excluding hydrogens is 279 g/mol. The van der Waals surface area contributed by atoms with Crippen LogP contribution in [0.5, 0.6) is 0 Å². The Bertz CT molecular complexity index is 797. The number of nitrogens with one attached hydrogen (secondary N) is 2. The molecule has 3 rings (SSSR count). The number of fused-ring (bicyclic) bond motifs is 1. The number of anilines is 1. The highest BCUT2D eigenvalue weighted by molar-refractivity contribution is 6.35. The van der Waals surface area contributed by atoms with Crippen molar-refractivity contribution in [3.63, 3.8) is 0 Å². The van der Waals surface area contributed by atoms with E-state index < -0.39 is 11.7 Å². The van der Waals surface area contributed by atoms with Crippen LogP contribution in [0.15, 0.2) is 48.5 Å². The van der Waals surface area contributed by atoms with Gasteiger partial charge in [0.05, 0.1) is 16.2 Å². The molecule has 0 bridgehead atoms. The second-order valence-electron chi connectivity index (χ2n) is 4.32. The van der Waals surface area contributed by atoms with Gasteiger partial charge in [-0.25, -0.2) is 4.39 Å². The third-order valence-electron chi connectivity index (χ3n) is 2.97. The number of amides is 1. The molecule has 2 aromatic carbocycles. The Balaban J connectivity index is 1.93. The molecule has 5 heteroatoms. The first-order valence-corrected chi connectivity index (χ1v) is 6.36. The number of halogens is 2. The van der Waals surface area contributed by atoms with Crippen LogP contribution in [0.4, 0.5) is 10.1 Å². The molecule has 0 saturated carbocycles. The van der Waals surface area contributed by atoms with Crippen LogP contribution in [0.2, 0.25) is 5.02 Å². The first kappa shape index (κ1) is 12.7. The fourth-order valence-electron chi connectivity index (χ4n) is 1.99.